The van der Waals surface area contributed by atoms with Crippen molar-refractivity contribution in [3.63, 3.8) is 0 Å². The first-order chi connectivity index (χ1) is 15.0. The number of halogens is 5. The summed E-state index contributed by atoms with van der Waals surface area (Å²) in [5.41, 5.74) is -0.940. The zero-order valence-electron chi connectivity index (χ0n) is 16.4. The number of carbonyl (C=O) groups is 2. The first-order valence-corrected chi connectivity index (χ1v) is 10.5. The van der Waals surface area contributed by atoms with Gasteiger partial charge in [0.1, 0.15) is 17.4 Å². The minimum absolute atomic E-state index is 0.101. The number of carbonyl (C=O) groups excluding carboxylic acids is 2. The van der Waals surface area contributed by atoms with Gasteiger partial charge in [0.15, 0.2) is 6.61 Å². The molecule has 1 N–H and O–H groups in total. The average molecular weight is 576 g/mol. The minimum atomic E-state index is -4.57. The van der Waals surface area contributed by atoms with E-state index in [-0.39, 0.29) is 24.5 Å². The lowest BCUT2D eigenvalue weighted by Gasteiger charge is -2.11. The molecule has 32 heavy (non-hydrogen) atoms. The molecule has 0 unspecified atom stereocenters. The van der Waals surface area contributed by atoms with Gasteiger partial charge in [0, 0.05) is 5.69 Å². The van der Waals surface area contributed by atoms with Gasteiger partial charge in [-0.3, -0.25) is 4.79 Å². The van der Waals surface area contributed by atoms with Crippen molar-refractivity contribution in [3.05, 3.63) is 62.0 Å². The number of hydrogen-bond acceptors (Lipinski definition) is 5. The number of anilines is 1. The molecule has 1 amide bonds. The standard InChI is InChI=1S/C21H15Br2F3N2O4/c1-2-31-18(29)11-32-19-16(22)7-12(8-17(19)23)6-13(10-27)20(30)28-15-5-3-4-14(9-15)21(24,25)26/h3-9H,2,11H2,1H3,(H,28,30)/b13-6-. The highest BCUT2D eigenvalue weighted by molar-refractivity contribution is 9.11. The summed E-state index contributed by atoms with van der Waals surface area (Å²) in [6, 6.07) is 8.89. The largest absolute Gasteiger partial charge is 0.480 e. The van der Waals surface area contributed by atoms with Crippen molar-refractivity contribution in [1.82, 2.24) is 0 Å². The molecule has 2 aromatic rings. The highest BCUT2D eigenvalue weighted by atomic mass is 79.9. The van der Waals surface area contributed by atoms with Crippen molar-refractivity contribution in [2.24, 2.45) is 0 Å². The number of nitrogens with one attached hydrogen (secondary N) is 1. The average Bonchev–Trinajstić information content (AvgIpc) is 2.71. The summed E-state index contributed by atoms with van der Waals surface area (Å²) in [5, 5.41) is 11.6. The SMILES string of the molecule is CCOC(=O)COc1c(Br)cc(/C=C(/C#N)C(=O)Nc2cccc(C(F)(F)F)c2)cc1Br. The molecule has 0 radical (unpaired) electrons. The first-order valence-electron chi connectivity index (χ1n) is 8.93. The molecule has 0 aliphatic heterocycles. The zero-order chi connectivity index (χ0) is 23.9. The molecule has 168 valence electrons. The summed E-state index contributed by atoms with van der Waals surface area (Å²) in [5.74, 6) is -1.11. The maximum Gasteiger partial charge on any atom is 0.416 e. The van der Waals surface area contributed by atoms with E-state index in [4.69, 9.17) is 9.47 Å². The molecule has 0 bridgehead atoms. The maximum absolute atomic E-state index is 12.8. The highest BCUT2D eigenvalue weighted by Crippen LogP contribution is 2.35. The van der Waals surface area contributed by atoms with Crippen LogP contribution in [0, 0.1) is 11.3 Å². The first kappa shape index (κ1) is 25.4. The van der Waals surface area contributed by atoms with Crippen molar-refractivity contribution in [2.75, 3.05) is 18.5 Å². The lowest BCUT2D eigenvalue weighted by Crippen LogP contribution is -2.15. The van der Waals surface area contributed by atoms with Gasteiger partial charge in [-0.05, 0) is 80.8 Å². The molecule has 2 rings (SSSR count). The van der Waals surface area contributed by atoms with Gasteiger partial charge in [0.2, 0.25) is 0 Å². The summed E-state index contributed by atoms with van der Waals surface area (Å²) in [6.45, 7) is 1.57. The molecule has 2 aromatic carbocycles. The Morgan fingerprint density at radius 2 is 1.84 bits per heavy atom. The third-order valence-corrected chi connectivity index (χ3v) is 4.96. The third kappa shape index (κ3) is 7.10. The summed E-state index contributed by atoms with van der Waals surface area (Å²) < 4.78 is 49.6. The lowest BCUT2D eigenvalue weighted by molar-refractivity contribution is -0.145. The molecular formula is C21H15Br2F3N2O4. The van der Waals surface area contributed by atoms with Crippen LogP contribution in [-0.4, -0.2) is 25.1 Å². The number of hydrogen-bond donors (Lipinski definition) is 1. The Morgan fingerprint density at radius 1 is 1.19 bits per heavy atom. The predicted octanol–water partition coefficient (Wildman–Crippen LogP) is 5.72. The third-order valence-electron chi connectivity index (χ3n) is 3.78. The fourth-order valence-corrected chi connectivity index (χ4v) is 3.87. The van der Waals surface area contributed by atoms with E-state index in [0.29, 0.717) is 20.3 Å². The molecule has 11 heteroatoms. The molecule has 0 saturated heterocycles. The van der Waals surface area contributed by atoms with Crippen LogP contribution in [0.1, 0.15) is 18.1 Å². The van der Waals surface area contributed by atoms with Gasteiger partial charge in [-0.2, -0.15) is 18.4 Å². The number of esters is 1. The summed E-state index contributed by atoms with van der Waals surface area (Å²) in [7, 11) is 0. The number of rotatable bonds is 7. The second-order valence-corrected chi connectivity index (χ2v) is 7.82. The number of nitrogens with zero attached hydrogens (tertiary/aromatic N) is 1. The topological polar surface area (TPSA) is 88.4 Å². The molecule has 0 fully saturated rings. The normalized spacial score (nSPS) is 11.5. The molecule has 0 heterocycles. The van der Waals surface area contributed by atoms with Gasteiger partial charge in [0.05, 0.1) is 21.1 Å². The van der Waals surface area contributed by atoms with Crippen LogP contribution in [0.3, 0.4) is 0 Å². The van der Waals surface area contributed by atoms with Crippen LogP contribution in [0.5, 0.6) is 5.75 Å². The van der Waals surface area contributed by atoms with Gasteiger partial charge < -0.3 is 14.8 Å². The second kappa shape index (κ2) is 11.2. The van der Waals surface area contributed by atoms with Gasteiger partial charge in [-0.1, -0.05) is 6.07 Å². The Labute approximate surface area is 198 Å². The predicted molar refractivity (Wildman–Crippen MR) is 118 cm³/mol. The Hall–Kier alpha value is -2.84. The maximum atomic E-state index is 12.8. The molecule has 0 aliphatic rings. The van der Waals surface area contributed by atoms with Gasteiger partial charge in [-0.25, -0.2) is 4.79 Å². The molecule has 6 nitrogen and oxygen atoms in total. The molecule has 0 spiro atoms. The van der Waals surface area contributed by atoms with E-state index in [0.717, 1.165) is 18.2 Å². The zero-order valence-corrected chi connectivity index (χ0v) is 19.6. The van der Waals surface area contributed by atoms with E-state index in [2.05, 4.69) is 37.2 Å². The molecular weight excluding hydrogens is 561 g/mol. The van der Waals surface area contributed by atoms with Crippen LogP contribution in [0.2, 0.25) is 0 Å². The van der Waals surface area contributed by atoms with Gasteiger partial charge in [0.25, 0.3) is 5.91 Å². The Balaban J connectivity index is 2.21. The number of amides is 1. The van der Waals surface area contributed by atoms with E-state index < -0.39 is 23.6 Å². The number of nitriles is 1. The van der Waals surface area contributed by atoms with Crippen LogP contribution in [0.15, 0.2) is 50.9 Å². The monoisotopic (exact) mass is 574 g/mol. The Morgan fingerprint density at radius 3 is 2.41 bits per heavy atom. The second-order valence-electron chi connectivity index (χ2n) is 6.11. The molecule has 0 saturated carbocycles. The van der Waals surface area contributed by atoms with Crippen LogP contribution < -0.4 is 10.1 Å². The van der Waals surface area contributed by atoms with E-state index in [1.807, 2.05) is 0 Å². The molecule has 0 aromatic heterocycles. The minimum Gasteiger partial charge on any atom is -0.480 e. The Kier molecular flexibility index (Phi) is 8.86. The van der Waals surface area contributed by atoms with E-state index in [1.54, 1.807) is 25.1 Å². The van der Waals surface area contributed by atoms with Gasteiger partial charge >= 0.3 is 12.1 Å². The summed E-state index contributed by atoms with van der Waals surface area (Å²) >= 11 is 6.58. The molecule has 0 aliphatic carbocycles. The Bertz CT molecular complexity index is 1070. The van der Waals surface area contributed by atoms with E-state index in [1.165, 1.54) is 12.1 Å². The fourth-order valence-electron chi connectivity index (χ4n) is 2.42. The van der Waals surface area contributed by atoms with Crippen molar-refractivity contribution in [3.8, 4) is 11.8 Å². The van der Waals surface area contributed by atoms with Crippen molar-refractivity contribution in [2.45, 2.75) is 13.1 Å². The van der Waals surface area contributed by atoms with Crippen LogP contribution in [-0.2, 0) is 20.5 Å². The number of benzene rings is 2. The van der Waals surface area contributed by atoms with Crippen molar-refractivity contribution < 1.29 is 32.2 Å². The summed E-state index contributed by atoms with van der Waals surface area (Å²) in [6.07, 6.45) is -3.31. The van der Waals surface area contributed by atoms with Crippen molar-refractivity contribution >= 4 is 55.5 Å². The number of ether oxygens (including phenoxy) is 2. The van der Waals surface area contributed by atoms with Crippen LogP contribution in [0.25, 0.3) is 6.08 Å². The molecule has 0 atom stereocenters. The van der Waals surface area contributed by atoms with Crippen molar-refractivity contribution in [1.29, 1.82) is 5.26 Å². The fraction of sp³-hybridized carbons (Fsp3) is 0.190. The van der Waals surface area contributed by atoms with Crippen LogP contribution >= 0.6 is 31.9 Å². The van der Waals surface area contributed by atoms with E-state index in [9.17, 15) is 28.0 Å². The number of alkyl halides is 3. The van der Waals surface area contributed by atoms with Crippen LogP contribution in [0.4, 0.5) is 18.9 Å². The highest BCUT2D eigenvalue weighted by Gasteiger charge is 2.30. The quantitative estimate of drug-likeness (QED) is 0.259. The summed E-state index contributed by atoms with van der Waals surface area (Å²) in [4.78, 5) is 23.9. The lowest BCUT2D eigenvalue weighted by atomic mass is 10.1. The van der Waals surface area contributed by atoms with E-state index >= 15 is 0 Å². The smallest absolute Gasteiger partial charge is 0.416 e. The van der Waals surface area contributed by atoms with Gasteiger partial charge in [-0.15, -0.1) is 0 Å².